The predicted octanol–water partition coefficient (Wildman–Crippen LogP) is 2.77. The van der Waals surface area contributed by atoms with E-state index in [-0.39, 0.29) is 23.5 Å². The summed E-state index contributed by atoms with van der Waals surface area (Å²) in [5.74, 6) is -0.157. The van der Waals surface area contributed by atoms with E-state index in [1.165, 1.54) is 12.1 Å². The Labute approximate surface area is 187 Å². The third-order valence-electron chi connectivity index (χ3n) is 5.53. The van der Waals surface area contributed by atoms with E-state index in [1.54, 1.807) is 17.0 Å². The molecule has 1 saturated heterocycles. The van der Waals surface area contributed by atoms with Crippen LogP contribution in [-0.4, -0.2) is 54.0 Å². The molecular formula is C23H29N5O4. The third kappa shape index (κ3) is 5.96. The van der Waals surface area contributed by atoms with Crippen LogP contribution in [0.15, 0.2) is 54.6 Å². The van der Waals surface area contributed by atoms with Crippen LogP contribution in [0.1, 0.15) is 19.4 Å². The summed E-state index contributed by atoms with van der Waals surface area (Å²) in [6.45, 7) is 6.49. The van der Waals surface area contributed by atoms with E-state index in [4.69, 9.17) is 0 Å². The number of anilines is 1. The van der Waals surface area contributed by atoms with Gasteiger partial charge in [0.2, 0.25) is 5.91 Å². The average Bonchev–Trinajstić information content (AvgIpc) is 2.81. The smallest absolute Gasteiger partial charge is 0.315 e. The quantitative estimate of drug-likeness (QED) is 0.510. The van der Waals surface area contributed by atoms with Crippen molar-refractivity contribution >= 4 is 23.3 Å². The van der Waals surface area contributed by atoms with Gasteiger partial charge in [0.05, 0.1) is 4.92 Å². The average molecular weight is 440 g/mol. The highest BCUT2D eigenvalue weighted by Gasteiger charge is 2.30. The lowest BCUT2D eigenvalue weighted by atomic mass is 10.0. The van der Waals surface area contributed by atoms with Gasteiger partial charge in [-0.15, -0.1) is 0 Å². The number of nitro groups is 1. The summed E-state index contributed by atoms with van der Waals surface area (Å²) in [4.78, 5) is 39.8. The van der Waals surface area contributed by atoms with Crippen LogP contribution in [-0.2, 0) is 11.3 Å². The van der Waals surface area contributed by atoms with Crippen LogP contribution in [0.25, 0.3) is 0 Å². The number of nitro benzene ring substituents is 1. The van der Waals surface area contributed by atoms with Gasteiger partial charge >= 0.3 is 6.03 Å². The van der Waals surface area contributed by atoms with Crippen molar-refractivity contribution in [2.24, 2.45) is 5.92 Å². The fourth-order valence-corrected chi connectivity index (χ4v) is 3.65. The molecule has 1 atom stereocenters. The highest BCUT2D eigenvalue weighted by molar-refractivity contribution is 5.87. The summed E-state index contributed by atoms with van der Waals surface area (Å²) in [5, 5.41) is 16.5. The molecule has 1 aliphatic rings. The topological polar surface area (TPSA) is 108 Å². The molecule has 32 heavy (non-hydrogen) atoms. The molecule has 2 aromatic carbocycles. The number of rotatable bonds is 7. The van der Waals surface area contributed by atoms with Gasteiger partial charge in [-0.2, -0.15) is 0 Å². The molecule has 170 valence electrons. The van der Waals surface area contributed by atoms with Crippen molar-refractivity contribution in [1.29, 1.82) is 0 Å². The molecule has 9 heteroatoms. The number of non-ortho nitro benzene ring substituents is 1. The summed E-state index contributed by atoms with van der Waals surface area (Å²) in [6.07, 6.45) is 0. The van der Waals surface area contributed by atoms with E-state index in [9.17, 15) is 19.7 Å². The SMILES string of the molecule is CC(C)C(NC(=O)NCc1ccccc1)C(=O)N1CCN(c2ccc([N+](=O)[O-])cc2)CC1. The fourth-order valence-electron chi connectivity index (χ4n) is 3.65. The molecule has 9 nitrogen and oxygen atoms in total. The second kappa shape index (κ2) is 10.6. The van der Waals surface area contributed by atoms with Crippen molar-refractivity contribution in [3.8, 4) is 0 Å². The number of nitrogens with one attached hydrogen (secondary N) is 2. The zero-order valence-corrected chi connectivity index (χ0v) is 18.4. The largest absolute Gasteiger partial charge is 0.368 e. The second-order valence-corrected chi connectivity index (χ2v) is 8.12. The molecule has 1 heterocycles. The lowest BCUT2D eigenvalue weighted by Gasteiger charge is -2.38. The van der Waals surface area contributed by atoms with Crippen LogP contribution < -0.4 is 15.5 Å². The zero-order chi connectivity index (χ0) is 23.1. The number of piperazine rings is 1. The standard InChI is InChI=1S/C23H29N5O4/c1-17(2)21(25-23(30)24-16-18-6-4-3-5-7-18)22(29)27-14-12-26(13-15-27)19-8-10-20(11-9-19)28(31)32/h3-11,17,21H,12-16H2,1-2H3,(H2,24,25,30). The maximum absolute atomic E-state index is 13.1. The van der Waals surface area contributed by atoms with Gasteiger partial charge in [-0.05, 0) is 23.6 Å². The number of benzene rings is 2. The first-order valence-electron chi connectivity index (χ1n) is 10.7. The van der Waals surface area contributed by atoms with Gasteiger partial charge in [0, 0.05) is 50.5 Å². The van der Waals surface area contributed by atoms with Crippen LogP contribution >= 0.6 is 0 Å². The normalized spacial score (nSPS) is 14.7. The van der Waals surface area contributed by atoms with Gasteiger partial charge < -0.3 is 20.4 Å². The summed E-state index contributed by atoms with van der Waals surface area (Å²) < 4.78 is 0. The molecule has 2 aromatic rings. The summed E-state index contributed by atoms with van der Waals surface area (Å²) in [6, 6.07) is 15.0. The lowest BCUT2D eigenvalue weighted by Crippen LogP contribution is -2.57. The van der Waals surface area contributed by atoms with E-state index >= 15 is 0 Å². The second-order valence-electron chi connectivity index (χ2n) is 8.12. The van der Waals surface area contributed by atoms with Crippen LogP contribution in [0.3, 0.4) is 0 Å². The van der Waals surface area contributed by atoms with E-state index in [1.807, 2.05) is 44.2 Å². The summed E-state index contributed by atoms with van der Waals surface area (Å²) in [7, 11) is 0. The van der Waals surface area contributed by atoms with Gasteiger partial charge in [-0.3, -0.25) is 14.9 Å². The maximum atomic E-state index is 13.1. The molecule has 0 saturated carbocycles. The number of hydrogen-bond donors (Lipinski definition) is 2. The Morgan fingerprint density at radius 2 is 1.62 bits per heavy atom. The van der Waals surface area contributed by atoms with Gasteiger partial charge in [-0.1, -0.05) is 44.2 Å². The van der Waals surface area contributed by atoms with Crippen LogP contribution in [0.4, 0.5) is 16.2 Å². The molecule has 3 amide bonds. The lowest BCUT2D eigenvalue weighted by molar-refractivity contribution is -0.384. The third-order valence-corrected chi connectivity index (χ3v) is 5.53. The number of amides is 3. The Hall–Kier alpha value is -3.62. The zero-order valence-electron chi connectivity index (χ0n) is 18.4. The number of hydrogen-bond acceptors (Lipinski definition) is 5. The van der Waals surface area contributed by atoms with Crippen molar-refractivity contribution in [2.45, 2.75) is 26.4 Å². The maximum Gasteiger partial charge on any atom is 0.315 e. The van der Waals surface area contributed by atoms with Crippen LogP contribution in [0.5, 0.6) is 0 Å². The van der Waals surface area contributed by atoms with Crippen molar-refractivity contribution < 1.29 is 14.5 Å². The van der Waals surface area contributed by atoms with Crippen molar-refractivity contribution in [1.82, 2.24) is 15.5 Å². The Bertz CT molecular complexity index is 925. The van der Waals surface area contributed by atoms with Crippen molar-refractivity contribution in [2.75, 3.05) is 31.1 Å². The molecule has 0 aromatic heterocycles. The molecule has 0 radical (unpaired) electrons. The molecule has 0 bridgehead atoms. The fraction of sp³-hybridized carbons (Fsp3) is 0.391. The molecule has 3 rings (SSSR count). The molecule has 1 fully saturated rings. The molecule has 0 aliphatic carbocycles. The van der Waals surface area contributed by atoms with Gasteiger partial charge in [-0.25, -0.2) is 4.79 Å². The molecule has 1 aliphatic heterocycles. The van der Waals surface area contributed by atoms with Gasteiger partial charge in [0.15, 0.2) is 0 Å². The van der Waals surface area contributed by atoms with Crippen LogP contribution in [0.2, 0.25) is 0 Å². The summed E-state index contributed by atoms with van der Waals surface area (Å²) in [5.41, 5.74) is 1.93. The van der Waals surface area contributed by atoms with E-state index in [2.05, 4.69) is 15.5 Å². The predicted molar refractivity (Wildman–Crippen MR) is 122 cm³/mol. The Morgan fingerprint density at radius 1 is 1.00 bits per heavy atom. The minimum absolute atomic E-state index is 0.0546. The van der Waals surface area contributed by atoms with Crippen molar-refractivity contribution in [3.05, 3.63) is 70.3 Å². The Morgan fingerprint density at radius 3 is 2.19 bits per heavy atom. The first-order valence-corrected chi connectivity index (χ1v) is 10.7. The molecule has 0 spiro atoms. The molecule has 1 unspecified atom stereocenters. The number of nitrogens with zero attached hydrogens (tertiary/aromatic N) is 3. The number of carbonyl (C=O) groups is 2. The minimum atomic E-state index is -0.614. The molecule has 2 N–H and O–H groups in total. The highest BCUT2D eigenvalue weighted by Crippen LogP contribution is 2.21. The summed E-state index contributed by atoms with van der Waals surface area (Å²) >= 11 is 0. The minimum Gasteiger partial charge on any atom is -0.368 e. The Kier molecular flexibility index (Phi) is 7.64. The van der Waals surface area contributed by atoms with Crippen molar-refractivity contribution in [3.63, 3.8) is 0 Å². The van der Waals surface area contributed by atoms with E-state index in [0.717, 1.165) is 11.3 Å². The monoisotopic (exact) mass is 439 g/mol. The van der Waals surface area contributed by atoms with Gasteiger partial charge in [0.25, 0.3) is 5.69 Å². The first-order chi connectivity index (χ1) is 15.3. The number of carbonyl (C=O) groups excluding carboxylic acids is 2. The van der Waals surface area contributed by atoms with E-state index in [0.29, 0.717) is 32.7 Å². The first kappa shape index (κ1) is 23.1. The number of urea groups is 1. The highest BCUT2D eigenvalue weighted by atomic mass is 16.6. The van der Waals surface area contributed by atoms with E-state index < -0.39 is 11.0 Å². The molecular weight excluding hydrogens is 410 g/mol. The van der Waals surface area contributed by atoms with Gasteiger partial charge in [0.1, 0.15) is 6.04 Å². The Balaban J connectivity index is 1.53. The van der Waals surface area contributed by atoms with Crippen LogP contribution in [0, 0.1) is 16.0 Å².